The van der Waals surface area contributed by atoms with Crippen LogP contribution in [0.5, 0.6) is 6.01 Å². The van der Waals surface area contributed by atoms with Crippen LogP contribution in [-0.2, 0) is 0 Å². The molecule has 2 rings (SSSR count). The lowest BCUT2D eigenvalue weighted by Gasteiger charge is -2.25. The standard InChI is InChI=1S/C11H19N5O2/c1-18-11-15-9(12)14-10(16-11)13-6-7-2-4-8(17)5-3-7/h7-8,17H,2-6H2,1H3,(H3,12,13,14,15,16). The van der Waals surface area contributed by atoms with Crippen LogP contribution in [0.2, 0.25) is 0 Å². The van der Waals surface area contributed by atoms with Crippen LogP contribution >= 0.6 is 0 Å². The third kappa shape index (κ3) is 3.43. The fourth-order valence-electron chi connectivity index (χ4n) is 2.13. The number of methoxy groups -OCH3 is 1. The maximum absolute atomic E-state index is 9.43. The Morgan fingerprint density at radius 2 is 2.00 bits per heavy atom. The zero-order chi connectivity index (χ0) is 13.0. The Kier molecular flexibility index (Phi) is 4.14. The van der Waals surface area contributed by atoms with E-state index in [4.69, 9.17) is 10.5 Å². The minimum atomic E-state index is -0.130. The Morgan fingerprint density at radius 1 is 1.28 bits per heavy atom. The molecule has 1 aliphatic carbocycles. The van der Waals surface area contributed by atoms with E-state index in [1.165, 1.54) is 7.11 Å². The highest BCUT2D eigenvalue weighted by Crippen LogP contribution is 2.24. The molecule has 7 heteroatoms. The summed E-state index contributed by atoms with van der Waals surface area (Å²) in [5, 5.41) is 12.6. The molecule has 0 saturated heterocycles. The van der Waals surface area contributed by atoms with Gasteiger partial charge in [-0.25, -0.2) is 0 Å². The molecular formula is C11H19N5O2. The van der Waals surface area contributed by atoms with Crippen molar-refractivity contribution >= 4 is 11.9 Å². The summed E-state index contributed by atoms with van der Waals surface area (Å²) in [7, 11) is 1.49. The van der Waals surface area contributed by atoms with Gasteiger partial charge in [0.15, 0.2) is 0 Å². The van der Waals surface area contributed by atoms with Crippen molar-refractivity contribution in [3.63, 3.8) is 0 Å². The Morgan fingerprint density at radius 3 is 2.67 bits per heavy atom. The van der Waals surface area contributed by atoms with Crippen molar-refractivity contribution in [2.45, 2.75) is 31.8 Å². The van der Waals surface area contributed by atoms with E-state index in [1.54, 1.807) is 0 Å². The van der Waals surface area contributed by atoms with Gasteiger partial charge in [-0.15, -0.1) is 0 Å². The van der Waals surface area contributed by atoms with E-state index in [9.17, 15) is 5.11 Å². The second-order valence-corrected chi connectivity index (χ2v) is 4.56. The van der Waals surface area contributed by atoms with Crippen LogP contribution in [0.15, 0.2) is 0 Å². The number of rotatable bonds is 4. The van der Waals surface area contributed by atoms with Crippen molar-refractivity contribution < 1.29 is 9.84 Å². The van der Waals surface area contributed by atoms with Crippen molar-refractivity contribution in [1.29, 1.82) is 0 Å². The summed E-state index contributed by atoms with van der Waals surface area (Å²) in [4.78, 5) is 11.9. The van der Waals surface area contributed by atoms with Gasteiger partial charge in [0.05, 0.1) is 13.2 Å². The number of aliphatic hydroxyl groups is 1. The number of aromatic nitrogens is 3. The SMILES string of the molecule is COc1nc(N)nc(NCC2CCC(O)CC2)n1. The average Bonchev–Trinajstić information content (AvgIpc) is 2.37. The predicted molar refractivity (Wildman–Crippen MR) is 67.2 cm³/mol. The monoisotopic (exact) mass is 253 g/mol. The van der Waals surface area contributed by atoms with Gasteiger partial charge in [0.2, 0.25) is 11.9 Å². The van der Waals surface area contributed by atoms with E-state index in [0.29, 0.717) is 11.9 Å². The Balaban J connectivity index is 1.88. The third-order valence-electron chi connectivity index (χ3n) is 3.18. The molecule has 18 heavy (non-hydrogen) atoms. The van der Waals surface area contributed by atoms with Crippen LogP contribution in [0.25, 0.3) is 0 Å². The van der Waals surface area contributed by atoms with Gasteiger partial charge >= 0.3 is 6.01 Å². The topological polar surface area (TPSA) is 106 Å². The first-order valence-electron chi connectivity index (χ1n) is 6.15. The molecule has 0 unspecified atom stereocenters. The van der Waals surface area contributed by atoms with Crippen molar-refractivity contribution in [2.75, 3.05) is 24.7 Å². The summed E-state index contributed by atoms with van der Waals surface area (Å²) in [6, 6.07) is 0.212. The second-order valence-electron chi connectivity index (χ2n) is 4.56. The number of nitrogens with zero attached hydrogens (tertiary/aromatic N) is 3. The number of aliphatic hydroxyl groups excluding tert-OH is 1. The third-order valence-corrected chi connectivity index (χ3v) is 3.18. The first-order chi connectivity index (χ1) is 8.67. The fraction of sp³-hybridized carbons (Fsp3) is 0.727. The van der Waals surface area contributed by atoms with Crippen molar-refractivity contribution in [3.05, 3.63) is 0 Å². The average molecular weight is 253 g/mol. The number of nitrogens with two attached hydrogens (primary N) is 1. The molecule has 0 amide bonds. The van der Waals surface area contributed by atoms with Crippen LogP contribution in [0.3, 0.4) is 0 Å². The maximum Gasteiger partial charge on any atom is 0.322 e. The molecule has 100 valence electrons. The van der Waals surface area contributed by atoms with Crippen molar-refractivity contribution in [2.24, 2.45) is 5.92 Å². The van der Waals surface area contributed by atoms with Gasteiger partial charge in [-0.1, -0.05) is 0 Å². The lowest BCUT2D eigenvalue weighted by Crippen LogP contribution is -2.24. The smallest absolute Gasteiger partial charge is 0.322 e. The number of hydrogen-bond acceptors (Lipinski definition) is 7. The summed E-state index contributed by atoms with van der Waals surface area (Å²) in [5.74, 6) is 1.12. The van der Waals surface area contributed by atoms with Crippen LogP contribution in [0.4, 0.5) is 11.9 Å². The second kappa shape index (κ2) is 5.81. The van der Waals surface area contributed by atoms with Gasteiger partial charge < -0.3 is 20.9 Å². The summed E-state index contributed by atoms with van der Waals surface area (Å²) in [6.45, 7) is 0.777. The van der Waals surface area contributed by atoms with Gasteiger partial charge in [-0.3, -0.25) is 0 Å². The van der Waals surface area contributed by atoms with Crippen molar-refractivity contribution in [3.8, 4) is 6.01 Å². The molecule has 1 fully saturated rings. The summed E-state index contributed by atoms with van der Waals surface area (Å²) in [5.41, 5.74) is 5.55. The molecule has 0 radical (unpaired) electrons. The molecule has 1 aromatic rings. The minimum absolute atomic E-state index is 0.130. The molecule has 0 aliphatic heterocycles. The quantitative estimate of drug-likeness (QED) is 0.714. The fourth-order valence-corrected chi connectivity index (χ4v) is 2.13. The molecule has 1 saturated carbocycles. The normalized spacial score (nSPS) is 23.7. The number of nitrogen functional groups attached to an aromatic ring is 1. The molecule has 0 aromatic carbocycles. The van der Waals surface area contributed by atoms with Crippen LogP contribution in [0, 0.1) is 5.92 Å². The van der Waals surface area contributed by atoms with Gasteiger partial charge in [0, 0.05) is 6.54 Å². The lowest BCUT2D eigenvalue weighted by molar-refractivity contribution is 0.111. The zero-order valence-electron chi connectivity index (χ0n) is 10.5. The van der Waals surface area contributed by atoms with E-state index >= 15 is 0 Å². The van der Waals surface area contributed by atoms with Gasteiger partial charge in [-0.05, 0) is 31.6 Å². The van der Waals surface area contributed by atoms with Crippen molar-refractivity contribution in [1.82, 2.24) is 15.0 Å². The highest BCUT2D eigenvalue weighted by atomic mass is 16.5. The van der Waals surface area contributed by atoms with E-state index in [2.05, 4.69) is 20.3 Å². The van der Waals surface area contributed by atoms with Crippen LogP contribution < -0.4 is 15.8 Å². The van der Waals surface area contributed by atoms with Gasteiger partial charge in [0.25, 0.3) is 0 Å². The predicted octanol–water partition coefficient (Wildman–Crippen LogP) is 0.425. The number of anilines is 2. The molecule has 7 nitrogen and oxygen atoms in total. The minimum Gasteiger partial charge on any atom is -0.467 e. The lowest BCUT2D eigenvalue weighted by atomic mass is 9.87. The Labute approximate surface area is 106 Å². The number of nitrogens with one attached hydrogen (secondary N) is 1. The van der Waals surface area contributed by atoms with E-state index in [-0.39, 0.29) is 18.1 Å². The Hall–Kier alpha value is -1.63. The molecule has 1 heterocycles. The molecule has 0 bridgehead atoms. The maximum atomic E-state index is 9.43. The van der Waals surface area contributed by atoms with E-state index in [1.807, 2.05) is 0 Å². The zero-order valence-corrected chi connectivity index (χ0v) is 10.5. The Bertz CT molecular complexity index is 393. The van der Waals surface area contributed by atoms with E-state index < -0.39 is 0 Å². The summed E-state index contributed by atoms with van der Waals surface area (Å²) < 4.78 is 4.93. The number of ether oxygens (including phenoxy) is 1. The first kappa shape index (κ1) is 12.8. The molecule has 0 atom stereocenters. The largest absolute Gasteiger partial charge is 0.467 e. The van der Waals surface area contributed by atoms with E-state index in [0.717, 1.165) is 32.2 Å². The summed E-state index contributed by atoms with van der Waals surface area (Å²) in [6.07, 6.45) is 3.65. The van der Waals surface area contributed by atoms with Gasteiger partial charge in [0.1, 0.15) is 0 Å². The number of hydrogen-bond donors (Lipinski definition) is 3. The molecule has 0 spiro atoms. The summed E-state index contributed by atoms with van der Waals surface area (Å²) >= 11 is 0. The highest BCUT2D eigenvalue weighted by molar-refractivity contribution is 5.32. The van der Waals surface area contributed by atoms with Crippen LogP contribution in [0.1, 0.15) is 25.7 Å². The van der Waals surface area contributed by atoms with Gasteiger partial charge in [-0.2, -0.15) is 15.0 Å². The first-order valence-corrected chi connectivity index (χ1v) is 6.15. The highest BCUT2D eigenvalue weighted by Gasteiger charge is 2.19. The van der Waals surface area contributed by atoms with Crippen LogP contribution in [-0.4, -0.2) is 39.8 Å². The molecule has 4 N–H and O–H groups in total. The molecule has 1 aromatic heterocycles. The molecular weight excluding hydrogens is 234 g/mol. The molecule has 1 aliphatic rings.